The molecule has 2 aliphatic heterocycles. The molecule has 158 valence electrons. The molecule has 0 radical (unpaired) electrons. The van der Waals surface area contributed by atoms with Gasteiger partial charge in [-0.2, -0.15) is 0 Å². The molecule has 11 heteroatoms. The topological polar surface area (TPSA) is 160 Å². The van der Waals surface area contributed by atoms with Gasteiger partial charge in [0.2, 0.25) is 0 Å². The average molecular weight is 408 g/mol. The second-order valence-corrected chi connectivity index (χ2v) is 6.92. The van der Waals surface area contributed by atoms with Crippen molar-refractivity contribution in [2.45, 2.75) is 44.1 Å². The molecule has 5 N–H and O–H groups in total. The Hall–Kier alpha value is -2.57. The second-order valence-electron chi connectivity index (χ2n) is 6.92. The molecule has 3 unspecified atom stereocenters. The van der Waals surface area contributed by atoms with E-state index < -0.39 is 41.7 Å². The van der Waals surface area contributed by atoms with Crippen LogP contribution in [-0.4, -0.2) is 63.9 Å². The zero-order valence-electron chi connectivity index (χ0n) is 15.8. The minimum atomic E-state index is -0.889. The molecule has 5 atom stereocenters. The number of para-hydroxylation sites is 1. The summed E-state index contributed by atoms with van der Waals surface area (Å²) in [6, 6.07) is 5.80. The van der Waals surface area contributed by atoms with E-state index in [0.29, 0.717) is 11.1 Å². The fourth-order valence-corrected chi connectivity index (χ4v) is 3.32. The summed E-state index contributed by atoms with van der Waals surface area (Å²) in [5.74, 6) is 0. The number of benzene rings is 1. The van der Waals surface area contributed by atoms with Crippen molar-refractivity contribution in [2.24, 2.45) is 5.73 Å². The number of hydrogen-bond acceptors (Lipinski definition) is 8. The Morgan fingerprint density at radius 1 is 1.48 bits per heavy atom. The predicted octanol–water partition coefficient (Wildman–Crippen LogP) is 0.335. The van der Waals surface area contributed by atoms with E-state index in [0.717, 1.165) is 0 Å². The number of nitrogens with zero attached hydrogens (tertiary/aromatic N) is 2. The smallest absolute Gasteiger partial charge is 0.325 e. The number of nitro benzene ring substituents is 1. The van der Waals surface area contributed by atoms with Crippen LogP contribution in [0.4, 0.5) is 10.5 Å². The van der Waals surface area contributed by atoms with Gasteiger partial charge in [0, 0.05) is 24.3 Å². The van der Waals surface area contributed by atoms with Gasteiger partial charge in [0.05, 0.1) is 35.9 Å². The van der Waals surface area contributed by atoms with Gasteiger partial charge in [-0.1, -0.05) is 12.1 Å². The zero-order valence-corrected chi connectivity index (χ0v) is 15.8. The van der Waals surface area contributed by atoms with E-state index in [9.17, 15) is 25.1 Å². The Labute approximate surface area is 166 Å². The number of aliphatic hydroxyl groups excluding tert-OH is 2. The van der Waals surface area contributed by atoms with Crippen molar-refractivity contribution in [3.63, 3.8) is 0 Å². The molecule has 2 aliphatic rings. The number of carbonyl (C=O) groups is 1. The van der Waals surface area contributed by atoms with Crippen LogP contribution in [0.15, 0.2) is 36.0 Å². The lowest BCUT2D eigenvalue weighted by Gasteiger charge is -2.33. The number of nitro groups is 1. The molecule has 1 saturated heterocycles. The monoisotopic (exact) mass is 408 g/mol. The lowest BCUT2D eigenvalue weighted by Crippen LogP contribution is -2.55. The number of aliphatic hydroxyl groups is 2. The van der Waals surface area contributed by atoms with E-state index in [-0.39, 0.29) is 25.3 Å². The molecule has 0 aliphatic carbocycles. The average Bonchev–Trinajstić information content (AvgIpc) is 3.07. The van der Waals surface area contributed by atoms with Crippen LogP contribution in [-0.2, 0) is 9.47 Å². The van der Waals surface area contributed by atoms with Gasteiger partial charge in [0.15, 0.2) is 0 Å². The van der Waals surface area contributed by atoms with E-state index in [1.54, 1.807) is 25.1 Å². The van der Waals surface area contributed by atoms with Crippen LogP contribution in [0.2, 0.25) is 0 Å². The highest BCUT2D eigenvalue weighted by atomic mass is 16.6. The molecule has 2 amide bonds. The molecule has 2 heterocycles. The molecule has 0 saturated carbocycles. The summed E-state index contributed by atoms with van der Waals surface area (Å²) in [6.07, 6.45) is -2.15. The molecule has 11 nitrogen and oxygen atoms in total. The van der Waals surface area contributed by atoms with E-state index in [1.165, 1.54) is 17.2 Å². The van der Waals surface area contributed by atoms with Gasteiger partial charge in [-0.3, -0.25) is 15.0 Å². The molecule has 0 spiro atoms. The van der Waals surface area contributed by atoms with Crippen molar-refractivity contribution in [2.75, 3.05) is 13.2 Å². The highest BCUT2D eigenvalue weighted by Gasteiger charge is 2.40. The Morgan fingerprint density at radius 2 is 2.21 bits per heavy atom. The number of carbonyl (C=O) groups excluding carboxylic acids is 1. The van der Waals surface area contributed by atoms with Crippen molar-refractivity contribution in [1.29, 1.82) is 0 Å². The maximum Gasteiger partial charge on any atom is 0.325 e. The van der Waals surface area contributed by atoms with Crippen molar-refractivity contribution < 1.29 is 29.4 Å². The van der Waals surface area contributed by atoms with Crippen LogP contribution in [0, 0.1) is 10.1 Å². The first kappa shape index (κ1) is 21.1. The zero-order chi connectivity index (χ0) is 21.1. The summed E-state index contributed by atoms with van der Waals surface area (Å²) in [4.78, 5) is 24.3. The standard InChI is InChI=1S/C18H24N4O7/c1-10(12-4-2-3-5-13(12)22(26)27)28-9-11-7-21(18(25)20-17(11)19)16-6-14(24)15(8-23)29-16/h2-5,7,10,14-17,23-24H,6,8-9,19H2,1H3,(H,20,25)/t10?,14?,15-,16-,17?/m1/s1. The van der Waals surface area contributed by atoms with E-state index in [2.05, 4.69) is 5.32 Å². The maximum absolute atomic E-state index is 12.3. The molecular weight excluding hydrogens is 384 g/mol. The van der Waals surface area contributed by atoms with Crippen molar-refractivity contribution in [1.82, 2.24) is 10.2 Å². The maximum atomic E-state index is 12.3. The predicted molar refractivity (Wildman–Crippen MR) is 100 cm³/mol. The number of rotatable bonds is 7. The van der Waals surface area contributed by atoms with E-state index in [4.69, 9.17) is 15.2 Å². The van der Waals surface area contributed by atoms with Crippen LogP contribution in [0.3, 0.4) is 0 Å². The SMILES string of the molecule is CC(OCC1=CN([C@H]2CC(O)[C@@H](CO)O2)C(=O)NC1N)c1ccccc1[N+](=O)[O-]. The van der Waals surface area contributed by atoms with Crippen molar-refractivity contribution >= 4 is 11.7 Å². The summed E-state index contributed by atoms with van der Waals surface area (Å²) in [6.45, 7) is 1.35. The molecule has 1 aromatic carbocycles. The fraction of sp³-hybridized carbons (Fsp3) is 0.500. The van der Waals surface area contributed by atoms with Gasteiger partial charge in [-0.05, 0) is 13.0 Å². The number of amides is 2. The number of ether oxygens (including phenoxy) is 2. The summed E-state index contributed by atoms with van der Waals surface area (Å²) in [5, 5.41) is 32.9. The molecule has 1 fully saturated rings. The Bertz CT molecular complexity index is 802. The van der Waals surface area contributed by atoms with Crippen LogP contribution >= 0.6 is 0 Å². The fourth-order valence-electron chi connectivity index (χ4n) is 3.32. The third kappa shape index (κ3) is 4.54. The second kappa shape index (κ2) is 8.84. The van der Waals surface area contributed by atoms with Gasteiger partial charge >= 0.3 is 6.03 Å². The van der Waals surface area contributed by atoms with Crippen LogP contribution in [0.25, 0.3) is 0 Å². The van der Waals surface area contributed by atoms with Gasteiger partial charge in [0.1, 0.15) is 18.5 Å². The molecule has 0 aromatic heterocycles. The lowest BCUT2D eigenvalue weighted by molar-refractivity contribution is -0.386. The minimum absolute atomic E-state index is 0.0177. The number of hydrogen-bond donors (Lipinski definition) is 4. The molecule has 1 aromatic rings. The van der Waals surface area contributed by atoms with Crippen LogP contribution in [0.5, 0.6) is 0 Å². The summed E-state index contributed by atoms with van der Waals surface area (Å²) in [7, 11) is 0. The van der Waals surface area contributed by atoms with Gasteiger partial charge in [-0.15, -0.1) is 0 Å². The lowest BCUT2D eigenvalue weighted by atomic mass is 10.1. The number of urea groups is 1. The Balaban J connectivity index is 1.71. The Kier molecular flexibility index (Phi) is 6.45. The largest absolute Gasteiger partial charge is 0.394 e. The normalized spacial score (nSPS) is 28.1. The van der Waals surface area contributed by atoms with Crippen LogP contribution in [0.1, 0.15) is 25.0 Å². The molecular formula is C18H24N4O7. The summed E-state index contributed by atoms with van der Waals surface area (Å²) < 4.78 is 11.3. The van der Waals surface area contributed by atoms with Crippen molar-refractivity contribution in [3.05, 3.63) is 51.7 Å². The van der Waals surface area contributed by atoms with Gasteiger partial charge in [-0.25, -0.2) is 4.79 Å². The quantitative estimate of drug-likeness (QED) is 0.371. The Morgan fingerprint density at radius 3 is 2.86 bits per heavy atom. The third-order valence-corrected chi connectivity index (χ3v) is 4.98. The van der Waals surface area contributed by atoms with E-state index in [1.807, 2.05) is 0 Å². The first-order valence-electron chi connectivity index (χ1n) is 9.16. The summed E-state index contributed by atoms with van der Waals surface area (Å²) in [5.41, 5.74) is 6.88. The van der Waals surface area contributed by atoms with Gasteiger partial charge < -0.3 is 30.7 Å². The van der Waals surface area contributed by atoms with Crippen LogP contribution < -0.4 is 11.1 Å². The summed E-state index contributed by atoms with van der Waals surface area (Å²) >= 11 is 0. The first-order valence-corrected chi connectivity index (χ1v) is 9.16. The molecule has 0 bridgehead atoms. The highest BCUT2D eigenvalue weighted by Crippen LogP contribution is 2.29. The minimum Gasteiger partial charge on any atom is -0.394 e. The third-order valence-electron chi connectivity index (χ3n) is 4.98. The highest BCUT2D eigenvalue weighted by molar-refractivity contribution is 5.77. The van der Waals surface area contributed by atoms with Gasteiger partial charge in [0.25, 0.3) is 5.69 Å². The number of nitrogens with two attached hydrogens (primary N) is 1. The first-order chi connectivity index (χ1) is 13.8. The molecule has 3 rings (SSSR count). The number of nitrogens with one attached hydrogen (secondary N) is 1. The molecule has 29 heavy (non-hydrogen) atoms. The van der Waals surface area contributed by atoms with E-state index >= 15 is 0 Å². The van der Waals surface area contributed by atoms with Crippen molar-refractivity contribution in [3.8, 4) is 0 Å².